The second kappa shape index (κ2) is 7.18. The highest BCUT2D eigenvalue weighted by molar-refractivity contribution is 5.80. The van der Waals surface area contributed by atoms with Gasteiger partial charge in [-0.3, -0.25) is 4.79 Å². The molecule has 1 N–H and O–H groups in total. The fourth-order valence-corrected chi connectivity index (χ4v) is 1.51. The Labute approximate surface area is 98.1 Å². The summed E-state index contributed by atoms with van der Waals surface area (Å²) < 4.78 is 0. The molecule has 1 aromatic carbocycles. The Bertz CT molecular complexity index is 308. The summed E-state index contributed by atoms with van der Waals surface area (Å²) in [6.45, 7) is 5.67. The molecule has 0 spiro atoms. The van der Waals surface area contributed by atoms with Gasteiger partial charge in [0.2, 0.25) is 0 Å². The van der Waals surface area contributed by atoms with Crippen LogP contribution >= 0.6 is 0 Å². The molecule has 2 nitrogen and oxygen atoms in total. The Morgan fingerprint density at radius 3 is 2.62 bits per heavy atom. The molecule has 88 valence electrons. The molecule has 1 rings (SSSR count). The molecule has 0 aliphatic carbocycles. The molecule has 2 heteroatoms. The van der Waals surface area contributed by atoms with E-state index in [1.54, 1.807) is 0 Å². The molecule has 0 saturated heterocycles. The second-order valence-electron chi connectivity index (χ2n) is 4.19. The van der Waals surface area contributed by atoms with Crippen molar-refractivity contribution in [2.45, 2.75) is 33.2 Å². The molecule has 0 bridgehead atoms. The van der Waals surface area contributed by atoms with Crippen molar-refractivity contribution in [1.82, 2.24) is 5.32 Å². The predicted molar refractivity (Wildman–Crippen MR) is 67.2 cm³/mol. The zero-order valence-corrected chi connectivity index (χ0v) is 10.2. The summed E-state index contributed by atoms with van der Waals surface area (Å²) in [5, 5.41) is 3.29. The van der Waals surface area contributed by atoms with E-state index in [9.17, 15) is 4.79 Å². The Hall–Kier alpha value is -1.15. The molecule has 0 fully saturated rings. The number of rotatable bonds is 7. The van der Waals surface area contributed by atoms with Gasteiger partial charge in [-0.2, -0.15) is 0 Å². The van der Waals surface area contributed by atoms with Crippen LogP contribution in [0.5, 0.6) is 0 Å². The van der Waals surface area contributed by atoms with Gasteiger partial charge < -0.3 is 5.32 Å². The molecule has 1 unspecified atom stereocenters. The third-order valence-electron chi connectivity index (χ3n) is 2.88. The van der Waals surface area contributed by atoms with Gasteiger partial charge >= 0.3 is 0 Å². The summed E-state index contributed by atoms with van der Waals surface area (Å²) in [6.07, 6.45) is 1.58. The number of hydrogen-bond acceptors (Lipinski definition) is 2. The minimum absolute atomic E-state index is 0.207. The first kappa shape index (κ1) is 12.9. The lowest BCUT2D eigenvalue weighted by atomic mass is 10.0. The average molecular weight is 219 g/mol. The van der Waals surface area contributed by atoms with Crippen LogP contribution in [0.3, 0.4) is 0 Å². The lowest BCUT2D eigenvalue weighted by Crippen LogP contribution is -2.20. The monoisotopic (exact) mass is 219 g/mol. The van der Waals surface area contributed by atoms with Crippen LogP contribution in [0.2, 0.25) is 0 Å². The predicted octanol–water partition coefficient (Wildman–Crippen LogP) is 2.78. The first-order valence-corrected chi connectivity index (χ1v) is 6.01. The highest BCUT2D eigenvalue weighted by Crippen LogP contribution is 2.04. The van der Waals surface area contributed by atoms with Crippen molar-refractivity contribution >= 4 is 5.78 Å². The lowest BCUT2D eigenvalue weighted by molar-refractivity contribution is -0.122. The average Bonchev–Trinajstić information content (AvgIpc) is 2.34. The number of nitrogens with one attached hydrogen (secondary N) is 1. The van der Waals surface area contributed by atoms with Gasteiger partial charge in [-0.1, -0.05) is 44.2 Å². The van der Waals surface area contributed by atoms with Crippen LogP contribution in [0.1, 0.15) is 32.3 Å². The summed E-state index contributed by atoms with van der Waals surface area (Å²) in [5.41, 5.74) is 1.26. The Kier molecular flexibility index (Phi) is 5.79. The number of hydrogen-bond donors (Lipinski definition) is 1. The van der Waals surface area contributed by atoms with Crippen molar-refractivity contribution in [3.05, 3.63) is 35.9 Å². The molecule has 16 heavy (non-hydrogen) atoms. The van der Waals surface area contributed by atoms with E-state index in [-0.39, 0.29) is 5.92 Å². The van der Waals surface area contributed by atoms with E-state index in [0.717, 1.165) is 19.5 Å². The summed E-state index contributed by atoms with van der Waals surface area (Å²) in [6, 6.07) is 10.2. The third kappa shape index (κ3) is 4.58. The van der Waals surface area contributed by atoms with Crippen molar-refractivity contribution in [1.29, 1.82) is 0 Å². The second-order valence-corrected chi connectivity index (χ2v) is 4.19. The number of benzene rings is 1. The highest BCUT2D eigenvalue weighted by Gasteiger charge is 2.09. The molecular weight excluding hydrogens is 198 g/mol. The van der Waals surface area contributed by atoms with Crippen LogP contribution in [-0.4, -0.2) is 12.3 Å². The third-order valence-corrected chi connectivity index (χ3v) is 2.88. The fraction of sp³-hybridized carbons (Fsp3) is 0.500. The highest BCUT2D eigenvalue weighted by atomic mass is 16.1. The van der Waals surface area contributed by atoms with E-state index in [1.165, 1.54) is 5.56 Å². The van der Waals surface area contributed by atoms with E-state index in [1.807, 2.05) is 25.1 Å². The standard InChI is InChI=1S/C14H21NO/c1-3-12(2)14(16)9-10-15-11-13-7-5-4-6-8-13/h4-8,12,15H,3,9-11H2,1-2H3. The van der Waals surface area contributed by atoms with Crippen molar-refractivity contribution < 1.29 is 4.79 Å². The number of carbonyl (C=O) groups excluding carboxylic acids is 1. The molecule has 0 aliphatic heterocycles. The van der Waals surface area contributed by atoms with E-state index in [4.69, 9.17) is 0 Å². The summed E-state index contributed by atoms with van der Waals surface area (Å²) >= 11 is 0. The topological polar surface area (TPSA) is 29.1 Å². The van der Waals surface area contributed by atoms with Crippen molar-refractivity contribution in [2.75, 3.05) is 6.54 Å². The molecule has 1 atom stereocenters. The minimum Gasteiger partial charge on any atom is -0.312 e. The van der Waals surface area contributed by atoms with Crippen LogP contribution in [0.25, 0.3) is 0 Å². The van der Waals surface area contributed by atoms with Gasteiger partial charge in [0.25, 0.3) is 0 Å². The Morgan fingerprint density at radius 2 is 2.00 bits per heavy atom. The van der Waals surface area contributed by atoms with Crippen LogP contribution in [0, 0.1) is 5.92 Å². The van der Waals surface area contributed by atoms with E-state index >= 15 is 0 Å². The molecule has 0 aromatic heterocycles. The molecule has 0 radical (unpaired) electrons. The maximum absolute atomic E-state index is 11.5. The van der Waals surface area contributed by atoms with Crippen LogP contribution < -0.4 is 5.32 Å². The molecular formula is C14H21NO. The van der Waals surface area contributed by atoms with E-state index in [2.05, 4.69) is 24.4 Å². The number of ketones is 1. The van der Waals surface area contributed by atoms with Gasteiger partial charge in [-0.25, -0.2) is 0 Å². The van der Waals surface area contributed by atoms with E-state index in [0.29, 0.717) is 12.2 Å². The van der Waals surface area contributed by atoms with Gasteiger partial charge in [0.05, 0.1) is 0 Å². The van der Waals surface area contributed by atoms with Crippen molar-refractivity contribution in [3.8, 4) is 0 Å². The van der Waals surface area contributed by atoms with Gasteiger partial charge in [0.15, 0.2) is 0 Å². The molecule has 0 aliphatic rings. The summed E-state index contributed by atoms with van der Waals surface area (Å²) in [4.78, 5) is 11.5. The first-order chi connectivity index (χ1) is 7.74. The van der Waals surface area contributed by atoms with E-state index < -0.39 is 0 Å². The zero-order valence-electron chi connectivity index (χ0n) is 10.2. The first-order valence-electron chi connectivity index (χ1n) is 6.01. The van der Waals surface area contributed by atoms with Gasteiger partial charge in [-0.05, 0) is 12.0 Å². The Morgan fingerprint density at radius 1 is 1.31 bits per heavy atom. The minimum atomic E-state index is 0.207. The molecule has 0 heterocycles. The number of carbonyl (C=O) groups is 1. The maximum atomic E-state index is 11.5. The quantitative estimate of drug-likeness (QED) is 0.714. The fourth-order valence-electron chi connectivity index (χ4n) is 1.51. The van der Waals surface area contributed by atoms with Crippen LogP contribution in [0.15, 0.2) is 30.3 Å². The lowest BCUT2D eigenvalue weighted by Gasteiger charge is -2.08. The SMILES string of the molecule is CCC(C)C(=O)CCNCc1ccccc1. The smallest absolute Gasteiger partial charge is 0.136 e. The largest absolute Gasteiger partial charge is 0.312 e. The Balaban J connectivity index is 2.15. The molecule has 0 amide bonds. The number of Topliss-reactive ketones (excluding diaryl/α,β-unsaturated/α-hetero) is 1. The zero-order chi connectivity index (χ0) is 11.8. The van der Waals surface area contributed by atoms with Crippen molar-refractivity contribution in [3.63, 3.8) is 0 Å². The van der Waals surface area contributed by atoms with Crippen LogP contribution in [-0.2, 0) is 11.3 Å². The molecule has 1 aromatic rings. The van der Waals surface area contributed by atoms with Gasteiger partial charge in [0.1, 0.15) is 5.78 Å². The normalized spacial score (nSPS) is 12.4. The van der Waals surface area contributed by atoms with Crippen LogP contribution in [0.4, 0.5) is 0 Å². The van der Waals surface area contributed by atoms with Gasteiger partial charge in [0, 0.05) is 25.4 Å². The van der Waals surface area contributed by atoms with Gasteiger partial charge in [-0.15, -0.1) is 0 Å². The maximum Gasteiger partial charge on any atom is 0.136 e. The summed E-state index contributed by atoms with van der Waals surface area (Å²) in [7, 11) is 0. The molecule has 0 saturated carbocycles. The van der Waals surface area contributed by atoms with Crippen molar-refractivity contribution in [2.24, 2.45) is 5.92 Å². The summed E-state index contributed by atoms with van der Waals surface area (Å²) in [5.74, 6) is 0.571.